The summed E-state index contributed by atoms with van der Waals surface area (Å²) in [5.74, 6) is 0.806. The van der Waals surface area contributed by atoms with Gasteiger partial charge in [0.15, 0.2) is 11.5 Å². The summed E-state index contributed by atoms with van der Waals surface area (Å²) in [6.07, 6.45) is 0. The van der Waals surface area contributed by atoms with E-state index in [-0.39, 0.29) is 11.1 Å². The molecule has 0 aliphatic carbocycles. The molecule has 1 N–H and O–H groups in total. The normalized spacial score (nSPS) is 11.0. The molecule has 6 heteroatoms. The highest BCUT2D eigenvalue weighted by Crippen LogP contribution is 2.37. The van der Waals surface area contributed by atoms with Crippen molar-refractivity contribution in [1.29, 1.82) is 0 Å². The maximum Gasteiger partial charge on any atom is 0.296 e. The minimum atomic E-state index is -0.438. The van der Waals surface area contributed by atoms with Crippen molar-refractivity contribution >= 4 is 11.4 Å². The van der Waals surface area contributed by atoms with Crippen LogP contribution in [0.15, 0.2) is 12.1 Å². The molecule has 0 spiro atoms. The van der Waals surface area contributed by atoms with Crippen molar-refractivity contribution in [3.8, 4) is 11.5 Å². The molecule has 19 heavy (non-hydrogen) atoms. The molecule has 6 nitrogen and oxygen atoms in total. The van der Waals surface area contributed by atoms with E-state index in [1.165, 1.54) is 20.3 Å². The number of nitrogens with one attached hydrogen (secondary N) is 1. The van der Waals surface area contributed by atoms with Crippen LogP contribution in [0, 0.1) is 15.5 Å². The lowest BCUT2D eigenvalue weighted by atomic mass is 9.97. The van der Waals surface area contributed by atoms with E-state index in [4.69, 9.17) is 9.47 Å². The summed E-state index contributed by atoms with van der Waals surface area (Å²) < 4.78 is 10.2. The van der Waals surface area contributed by atoms with Crippen LogP contribution in [0.1, 0.15) is 20.8 Å². The molecule has 1 aromatic carbocycles. The zero-order valence-corrected chi connectivity index (χ0v) is 11.9. The monoisotopic (exact) mass is 268 g/mol. The molecular formula is C13H20N2O4. The molecule has 0 saturated heterocycles. The number of benzene rings is 1. The average molecular weight is 268 g/mol. The van der Waals surface area contributed by atoms with Gasteiger partial charge in [-0.25, -0.2) is 0 Å². The first-order chi connectivity index (χ1) is 8.78. The first kappa shape index (κ1) is 15.1. The minimum Gasteiger partial charge on any atom is -0.493 e. The van der Waals surface area contributed by atoms with E-state index in [0.29, 0.717) is 23.7 Å². The zero-order valence-electron chi connectivity index (χ0n) is 11.9. The molecule has 0 aromatic heterocycles. The number of nitro benzene ring substituents is 1. The number of methoxy groups -OCH3 is 2. The van der Waals surface area contributed by atoms with Gasteiger partial charge in [-0.15, -0.1) is 0 Å². The van der Waals surface area contributed by atoms with Crippen molar-refractivity contribution < 1.29 is 14.4 Å². The number of hydrogen-bond donors (Lipinski definition) is 1. The molecule has 0 radical (unpaired) electrons. The second-order valence-electron chi connectivity index (χ2n) is 5.40. The molecule has 0 amide bonds. The van der Waals surface area contributed by atoms with Crippen LogP contribution in [0.3, 0.4) is 0 Å². The maximum atomic E-state index is 11.1. The van der Waals surface area contributed by atoms with Crippen LogP contribution in [0.25, 0.3) is 0 Å². The Hall–Kier alpha value is -1.98. The van der Waals surface area contributed by atoms with E-state index in [2.05, 4.69) is 5.32 Å². The maximum absolute atomic E-state index is 11.1. The van der Waals surface area contributed by atoms with Gasteiger partial charge in [-0.3, -0.25) is 10.1 Å². The van der Waals surface area contributed by atoms with Gasteiger partial charge in [-0.2, -0.15) is 0 Å². The predicted molar refractivity (Wildman–Crippen MR) is 74.1 cm³/mol. The van der Waals surface area contributed by atoms with E-state index in [1.807, 2.05) is 20.8 Å². The van der Waals surface area contributed by atoms with Gasteiger partial charge in [-0.1, -0.05) is 20.8 Å². The lowest BCUT2D eigenvalue weighted by molar-refractivity contribution is -0.384. The quantitative estimate of drug-likeness (QED) is 0.656. The second-order valence-corrected chi connectivity index (χ2v) is 5.40. The van der Waals surface area contributed by atoms with E-state index in [0.717, 1.165) is 0 Å². The molecule has 0 heterocycles. The van der Waals surface area contributed by atoms with Crippen molar-refractivity contribution in [1.82, 2.24) is 0 Å². The van der Waals surface area contributed by atoms with Gasteiger partial charge in [0.05, 0.1) is 25.2 Å². The van der Waals surface area contributed by atoms with Crippen LogP contribution in [-0.4, -0.2) is 25.7 Å². The summed E-state index contributed by atoms with van der Waals surface area (Å²) >= 11 is 0. The fraction of sp³-hybridized carbons (Fsp3) is 0.538. The summed E-state index contributed by atoms with van der Waals surface area (Å²) in [5, 5.41) is 14.2. The number of anilines is 1. The highest BCUT2D eigenvalue weighted by atomic mass is 16.6. The lowest BCUT2D eigenvalue weighted by Gasteiger charge is -2.20. The van der Waals surface area contributed by atoms with Gasteiger partial charge in [0.1, 0.15) is 5.69 Å². The summed E-state index contributed by atoms with van der Waals surface area (Å²) in [6, 6.07) is 2.95. The smallest absolute Gasteiger partial charge is 0.296 e. The summed E-state index contributed by atoms with van der Waals surface area (Å²) in [7, 11) is 2.95. The highest BCUT2D eigenvalue weighted by Gasteiger charge is 2.20. The lowest BCUT2D eigenvalue weighted by Crippen LogP contribution is -2.19. The fourth-order valence-electron chi connectivity index (χ4n) is 1.52. The third-order valence-corrected chi connectivity index (χ3v) is 2.51. The molecule has 0 fully saturated rings. The Morgan fingerprint density at radius 2 is 1.74 bits per heavy atom. The number of hydrogen-bond acceptors (Lipinski definition) is 5. The van der Waals surface area contributed by atoms with E-state index in [9.17, 15) is 10.1 Å². The summed E-state index contributed by atoms with van der Waals surface area (Å²) in [5.41, 5.74) is 0.417. The Morgan fingerprint density at radius 1 is 1.21 bits per heavy atom. The topological polar surface area (TPSA) is 73.6 Å². The molecule has 0 aliphatic rings. The Bertz CT molecular complexity index is 466. The Labute approximate surface area is 112 Å². The number of rotatable bonds is 5. The number of ether oxygens (including phenoxy) is 2. The molecule has 0 atom stereocenters. The first-order valence-corrected chi connectivity index (χ1v) is 5.93. The third-order valence-electron chi connectivity index (χ3n) is 2.51. The van der Waals surface area contributed by atoms with Gasteiger partial charge in [0, 0.05) is 12.6 Å². The van der Waals surface area contributed by atoms with Crippen LogP contribution in [0.2, 0.25) is 0 Å². The van der Waals surface area contributed by atoms with Crippen molar-refractivity contribution in [3.63, 3.8) is 0 Å². The Balaban J connectivity index is 3.16. The molecule has 1 aromatic rings. The largest absolute Gasteiger partial charge is 0.493 e. The van der Waals surface area contributed by atoms with Gasteiger partial charge in [0.25, 0.3) is 5.69 Å². The van der Waals surface area contributed by atoms with Gasteiger partial charge >= 0.3 is 0 Å². The average Bonchev–Trinajstić information content (AvgIpc) is 2.33. The molecule has 106 valence electrons. The van der Waals surface area contributed by atoms with E-state index >= 15 is 0 Å². The SMILES string of the molecule is COc1cc(NCC(C)(C)C)c([N+](=O)[O-])cc1OC. The van der Waals surface area contributed by atoms with Crippen LogP contribution in [-0.2, 0) is 0 Å². The number of nitrogens with zero attached hydrogens (tertiary/aromatic N) is 1. The minimum absolute atomic E-state index is 0.0149. The first-order valence-electron chi connectivity index (χ1n) is 5.93. The standard InChI is InChI=1S/C13H20N2O4/c1-13(2,3)8-14-9-6-11(18-4)12(19-5)7-10(9)15(16)17/h6-7,14H,8H2,1-5H3. The number of nitro groups is 1. The molecule has 0 saturated carbocycles. The van der Waals surface area contributed by atoms with E-state index < -0.39 is 4.92 Å². The van der Waals surface area contributed by atoms with Crippen LogP contribution < -0.4 is 14.8 Å². The molecule has 0 unspecified atom stereocenters. The Morgan fingerprint density at radius 3 is 2.16 bits per heavy atom. The van der Waals surface area contributed by atoms with E-state index in [1.54, 1.807) is 6.07 Å². The van der Waals surface area contributed by atoms with Gasteiger partial charge in [-0.05, 0) is 5.41 Å². The summed E-state index contributed by atoms with van der Waals surface area (Å²) in [4.78, 5) is 10.6. The van der Waals surface area contributed by atoms with Crippen LogP contribution >= 0.6 is 0 Å². The van der Waals surface area contributed by atoms with Gasteiger partial charge in [0.2, 0.25) is 0 Å². The predicted octanol–water partition coefficient (Wildman–Crippen LogP) is 3.07. The van der Waals surface area contributed by atoms with Crippen LogP contribution in [0.4, 0.5) is 11.4 Å². The summed E-state index contributed by atoms with van der Waals surface area (Å²) in [6.45, 7) is 6.76. The van der Waals surface area contributed by atoms with Crippen molar-refractivity contribution in [2.75, 3.05) is 26.1 Å². The zero-order chi connectivity index (χ0) is 14.6. The second kappa shape index (κ2) is 5.77. The molecule has 0 bridgehead atoms. The van der Waals surface area contributed by atoms with Crippen LogP contribution in [0.5, 0.6) is 11.5 Å². The van der Waals surface area contributed by atoms with Crippen molar-refractivity contribution in [3.05, 3.63) is 22.2 Å². The van der Waals surface area contributed by atoms with Crippen molar-refractivity contribution in [2.24, 2.45) is 5.41 Å². The Kier molecular flexibility index (Phi) is 4.58. The fourth-order valence-corrected chi connectivity index (χ4v) is 1.52. The third kappa shape index (κ3) is 4.01. The highest BCUT2D eigenvalue weighted by molar-refractivity contribution is 5.68. The molecule has 0 aliphatic heterocycles. The van der Waals surface area contributed by atoms with Crippen molar-refractivity contribution in [2.45, 2.75) is 20.8 Å². The molecular weight excluding hydrogens is 248 g/mol. The van der Waals surface area contributed by atoms with Gasteiger partial charge < -0.3 is 14.8 Å². The molecule has 1 rings (SSSR count).